The third-order valence-electron chi connectivity index (χ3n) is 2.14. The average Bonchev–Trinajstić information content (AvgIpc) is 2.28. The van der Waals surface area contributed by atoms with Gasteiger partial charge in [0.05, 0.1) is 5.69 Å². The molecule has 2 N–H and O–H groups in total. The molecule has 1 aromatic carbocycles. The van der Waals surface area contributed by atoms with E-state index in [1.54, 1.807) is 24.5 Å². The van der Waals surface area contributed by atoms with Crippen LogP contribution in [0.25, 0.3) is 6.08 Å². The third-order valence-corrected chi connectivity index (χ3v) is 2.14. The standard InChI is InChI=1S/C12H13N2O2/c1-2-14(12(13)16)11-8-4-3-6-10(11)7-5-9-15/h3-8H,2H2,1H3,(H2,13,16)/b7-5+. The lowest BCUT2D eigenvalue weighted by molar-refractivity contribution is 0.254. The van der Waals surface area contributed by atoms with Gasteiger partial charge in [0.25, 0.3) is 0 Å². The number of hydrogen-bond acceptors (Lipinski definition) is 2. The molecule has 2 amide bonds. The smallest absolute Gasteiger partial charge is 0.319 e. The monoisotopic (exact) mass is 217 g/mol. The number of carbonyl (C=O) groups is 1. The second-order valence-corrected chi connectivity index (χ2v) is 3.09. The van der Waals surface area contributed by atoms with E-state index >= 15 is 0 Å². The molecule has 1 aromatic rings. The van der Waals surface area contributed by atoms with Gasteiger partial charge >= 0.3 is 6.03 Å². The first-order chi connectivity index (χ1) is 7.70. The molecule has 0 unspecified atom stereocenters. The van der Waals surface area contributed by atoms with E-state index in [1.165, 1.54) is 11.0 Å². The van der Waals surface area contributed by atoms with Crippen LogP contribution in [-0.4, -0.2) is 18.9 Å². The van der Waals surface area contributed by atoms with E-state index in [9.17, 15) is 9.59 Å². The highest BCUT2D eigenvalue weighted by Gasteiger charge is 2.11. The molecule has 0 fully saturated rings. The van der Waals surface area contributed by atoms with Crippen LogP contribution in [0.2, 0.25) is 0 Å². The zero-order valence-corrected chi connectivity index (χ0v) is 9.01. The van der Waals surface area contributed by atoms with Crippen LogP contribution in [0.4, 0.5) is 10.5 Å². The lowest BCUT2D eigenvalue weighted by atomic mass is 10.1. The number of para-hydroxylation sites is 1. The Kier molecular flexibility index (Phi) is 4.27. The first-order valence-electron chi connectivity index (χ1n) is 4.91. The zero-order chi connectivity index (χ0) is 12.0. The molecule has 0 aliphatic carbocycles. The summed E-state index contributed by atoms with van der Waals surface area (Å²) in [4.78, 5) is 22.8. The van der Waals surface area contributed by atoms with Crippen LogP contribution in [0.1, 0.15) is 12.5 Å². The summed E-state index contributed by atoms with van der Waals surface area (Å²) in [5, 5.41) is 0. The number of carbonyl (C=O) groups excluding carboxylic acids is 2. The second kappa shape index (κ2) is 5.70. The van der Waals surface area contributed by atoms with Gasteiger partial charge in [-0.3, -0.25) is 9.69 Å². The molecular formula is C12H13N2O2. The van der Waals surface area contributed by atoms with Gasteiger partial charge < -0.3 is 5.73 Å². The van der Waals surface area contributed by atoms with E-state index in [1.807, 2.05) is 19.1 Å². The maximum atomic E-state index is 11.2. The van der Waals surface area contributed by atoms with Crippen molar-refractivity contribution in [3.63, 3.8) is 0 Å². The van der Waals surface area contributed by atoms with E-state index < -0.39 is 6.03 Å². The zero-order valence-electron chi connectivity index (χ0n) is 9.01. The molecule has 0 heterocycles. The number of allylic oxidation sites excluding steroid dienone is 1. The van der Waals surface area contributed by atoms with Gasteiger partial charge in [-0.05, 0) is 30.7 Å². The Morgan fingerprint density at radius 1 is 1.50 bits per heavy atom. The predicted octanol–water partition coefficient (Wildman–Crippen LogP) is 1.71. The van der Waals surface area contributed by atoms with Crippen molar-refractivity contribution >= 4 is 24.1 Å². The molecule has 0 aliphatic heterocycles. The van der Waals surface area contributed by atoms with Crippen molar-refractivity contribution in [1.82, 2.24) is 0 Å². The summed E-state index contributed by atoms with van der Waals surface area (Å²) in [7, 11) is 0. The normalized spacial score (nSPS) is 10.3. The van der Waals surface area contributed by atoms with Crippen molar-refractivity contribution in [2.45, 2.75) is 6.92 Å². The molecule has 16 heavy (non-hydrogen) atoms. The minimum absolute atomic E-state index is 0.477. The summed E-state index contributed by atoms with van der Waals surface area (Å²) in [5.41, 5.74) is 6.70. The highest BCUT2D eigenvalue weighted by atomic mass is 16.2. The Hall–Kier alpha value is -2.10. The molecule has 1 radical (unpaired) electrons. The van der Waals surface area contributed by atoms with Crippen molar-refractivity contribution < 1.29 is 9.59 Å². The Labute approximate surface area is 94.4 Å². The molecule has 0 atom stereocenters. The quantitative estimate of drug-likeness (QED) is 0.780. The van der Waals surface area contributed by atoms with Gasteiger partial charge in [-0.25, -0.2) is 4.79 Å². The molecule has 0 aromatic heterocycles. The number of nitrogens with two attached hydrogens (primary N) is 1. The van der Waals surface area contributed by atoms with Crippen molar-refractivity contribution in [3.8, 4) is 0 Å². The molecule has 0 bridgehead atoms. The molecule has 0 saturated carbocycles. The SMILES string of the molecule is CCN(C(N)=O)c1ccccc1/C=C/[C]=O. The number of amides is 2. The van der Waals surface area contributed by atoms with Gasteiger partial charge in [-0.2, -0.15) is 0 Å². The van der Waals surface area contributed by atoms with Crippen LogP contribution in [0.5, 0.6) is 0 Å². The van der Waals surface area contributed by atoms with Gasteiger partial charge in [0.2, 0.25) is 6.29 Å². The van der Waals surface area contributed by atoms with Gasteiger partial charge in [0.1, 0.15) is 0 Å². The summed E-state index contributed by atoms with van der Waals surface area (Å²) < 4.78 is 0. The summed E-state index contributed by atoms with van der Waals surface area (Å²) in [6.07, 6.45) is 4.51. The number of hydrogen-bond donors (Lipinski definition) is 1. The van der Waals surface area contributed by atoms with Crippen LogP contribution in [0, 0.1) is 0 Å². The largest absolute Gasteiger partial charge is 0.351 e. The lowest BCUT2D eigenvalue weighted by Crippen LogP contribution is -2.35. The number of benzene rings is 1. The van der Waals surface area contributed by atoms with Crippen LogP contribution in [-0.2, 0) is 4.79 Å². The summed E-state index contributed by atoms with van der Waals surface area (Å²) >= 11 is 0. The van der Waals surface area contributed by atoms with E-state index in [-0.39, 0.29) is 0 Å². The molecule has 0 aliphatic rings. The van der Waals surface area contributed by atoms with Crippen molar-refractivity contribution in [2.75, 3.05) is 11.4 Å². The maximum Gasteiger partial charge on any atom is 0.319 e. The fraction of sp³-hybridized carbons (Fsp3) is 0.167. The molecule has 4 heteroatoms. The van der Waals surface area contributed by atoms with Gasteiger partial charge in [0.15, 0.2) is 0 Å². The Bertz CT molecular complexity index is 413. The Balaban J connectivity index is 3.15. The van der Waals surface area contributed by atoms with E-state index in [0.717, 1.165) is 5.56 Å². The van der Waals surface area contributed by atoms with E-state index in [0.29, 0.717) is 12.2 Å². The Morgan fingerprint density at radius 3 is 2.75 bits per heavy atom. The number of rotatable bonds is 4. The number of urea groups is 1. The molecule has 83 valence electrons. The summed E-state index contributed by atoms with van der Waals surface area (Å²) in [6, 6.07) is 6.69. The van der Waals surface area contributed by atoms with Gasteiger partial charge in [-0.15, -0.1) is 0 Å². The topological polar surface area (TPSA) is 63.4 Å². The van der Waals surface area contributed by atoms with Crippen molar-refractivity contribution in [2.24, 2.45) is 5.73 Å². The maximum absolute atomic E-state index is 11.2. The Morgan fingerprint density at radius 2 is 2.19 bits per heavy atom. The predicted molar refractivity (Wildman–Crippen MR) is 63.8 cm³/mol. The van der Waals surface area contributed by atoms with Crippen molar-refractivity contribution in [1.29, 1.82) is 0 Å². The first kappa shape index (κ1) is 12.0. The highest BCUT2D eigenvalue weighted by Crippen LogP contribution is 2.21. The average molecular weight is 217 g/mol. The number of nitrogens with zero attached hydrogens (tertiary/aromatic N) is 1. The molecule has 0 saturated heterocycles. The molecule has 4 nitrogen and oxygen atoms in total. The van der Waals surface area contributed by atoms with Crippen LogP contribution in [0.3, 0.4) is 0 Å². The lowest BCUT2D eigenvalue weighted by Gasteiger charge is -2.20. The minimum Gasteiger partial charge on any atom is -0.351 e. The fourth-order valence-corrected chi connectivity index (χ4v) is 1.44. The van der Waals surface area contributed by atoms with Gasteiger partial charge in [0, 0.05) is 6.54 Å². The van der Waals surface area contributed by atoms with Crippen LogP contribution in [0.15, 0.2) is 30.3 Å². The highest BCUT2D eigenvalue weighted by molar-refractivity contribution is 5.93. The third kappa shape index (κ3) is 2.70. The van der Waals surface area contributed by atoms with Crippen LogP contribution >= 0.6 is 0 Å². The number of primary amides is 1. The van der Waals surface area contributed by atoms with Gasteiger partial charge in [-0.1, -0.05) is 18.2 Å². The molecule has 1 rings (SSSR count). The van der Waals surface area contributed by atoms with E-state index in [4.69, 9.17) is 5.73 Å². The minimum atomic E-state index is -0.515. The van der Waals surface area contributed by atoms with E-state index in [2.05, 4.69) is 0 Å². The summed E-state index contributed by atoms with van der Waals surface area (Å²) in [5.74, 6) is 0. The van der Waals surface area contributed by atoms with Crippen molar-refractivity contribution in [3.05, 3.63) is 35.9 Å². The first-order valence-corrected chi connectivity index (χ1v) is 4.91. The van der Waals surface area contributed by atoms with Crippen LogP contribution < -0.4 is 10.6 Å². The summed E-state index contributed by atoms with van der Waals surface area (Å²) in [6.45, 7) is 2.31. The molecular weight excluding hydrogens is 204 g/mol. The second-order valence-electron chi connectivity index (χ2n) is 3.09. The fourth-order valence-electron chi connectivity index (χ4n) is 1.44. The number of anilines is 1. The molecule has 0 spiro atoms.